The minimum absolute atomic E-state index is 0.191. The average molecular weight is 287 g/mol. The van der Waals surface area contributed by atoms with E-state index >= 15 is 0 Å². The first-order chi connectivity index (χ1) is 7.59. The number of halogens is 1. The summed E-state index contributed by atoms with van der Waals surface area (Å²) in [5.74, 6) is 0.601. The third-order valence-corrected chi connectivity index (χ3v) is 2.70. The largest absolute Gasteiger partial charge is 0.494 e. The molecule has 0 fully saturated rings. The predicted octanol–water partition coefficient (Wildman–Crippen LogP) is 2.56. The standard InChI is InChI=1S/C12H15BrO3/c1-9(14)12(15)3-2-8-16-11-6-4-10(13)5-7-11/h4-7,12,15H,2-3,8H2,1H3/t12-/m1/s1. The molecule has 0 bridgehead atoms. The van der Waals surface area contributed by atoms with Crippen molar-refractivity contribution in [3.05, 3.63) is 28.7 Å². The highest BCUT2D eigenvalue weighted by atomic mass is 79.9. The van der Waals surface area contributed by atoms with E-state index in [1.54, 1.807) is 0 Å². The van der Waals surface area contributed by atoms with Crippen LogP contribution in [0.25, 0.3) is 0 Å². The molecule has 0 radical (unpaired) electrons. The highest BCUT2D eigenvalue weighted by molar-refractivity contribution is 9.10. The van der Waals surface area contributed by atoms with E-state index in [1.165, 1.54) is 6.92 Å². The number of hydrogen-bond acceptors (Lipinski definition) is 3. The molecule has 0 aliphatic carbocycles. The first kappa shape index (κ1) is 13.2. The van der Waals surface area contributed by atoms with E-state index in [0.717, 1.165) is 10.2 Å². The molecular weight excluding hydrogens is 272 g/mol. The van der Waals surface area contributed by atoms with Crippen LogP contribution in [0.15, 0.2) is 28.7 Å². The fourth-order valence-electron chi connectivity index (χ4n) is 1.20. The topological polar surface area (TPSA) is 46.5 Å². The Morgan fingerprint density at radius 2 is 2.06 bits per heavy atom. The molecule has 0 aliphatic rings. The fourth-order valence-corrected chi connectivity index (χ4v) is 1.47. The van der Waals surface area contributed by atoms with Crippen LogP contribution in [-0.2, 0) is 4.79 Å². The van der Waals surface area contributed by atoms with Gasteiger partial charge in [0.05, 0.1) is 6.61 Å². The van der Waals surface area contributed by atoms with Crippen LogP contribution in [0.4, 0.5) is 0 Å². The Bertz CT molecular complexity index is 335. The number of carbonyl (C=O) groups excluding carboxylic acids is 1. The van der Waals surface area contributed by atoms with Crippen LogP contribution >= 0.6 is 15.9 Å². The van der Waals surface area contributed by atoms with Crippen molar-refractivity contribution in [3.63, 3.8) is 0 Å². The SMILES string of the molecule is CC(=O)[C@H](O)CCCOc1ccc(Br)cc1. The number of aliphatic hydroxyl groups excluding tert-OH is 1. The van der Waals surface area contributed by atoms with E-state index in [9.17, 15) is 9.90 Å². The minimum atomic E-state index is -0.853. The van der Waals surface area contributed by atoms with Gasteiger partial charge in [0.2, 0.25) is 0 Å². The third kappa shape index (κ3) is 4.77. The zero-order chi connectivity index (χ0) is 12.0. The van der Waals surface area contributed by atoms with Gasteiger partial charge in [-0.15, -0.1) is 0 Å². The summed E-state index contributed by atoms with van der Waals surface area (Å²) in [7, 11) is 0. The number of aliphatic hydroxyl groups is 1. The summed E-state index contributed by atoms with van der Waals surface area (Å²) in [5, 5.41) is 9.25. The van der Waals surface area contributed by atoms with Crippen molar-refractivity contribution in [1.29, 1.82) is 0 Å². The van der Waals surface area contributed by atoms with Gasteiger partial charge in [0.15, 0.2) is 5.78 Å². The van der Waals surface area contributed by atoms with Gasteiger partial charge in [-0.3, -0.25) is 4.79 Å². The predicted molar refractivity (Wildman–Crippen MR) is 65.6 cm³/mol. The molecule has 0 aliphatic heterocycles. The van der Waals surface area contributed by atoms with Crippen molar-refractivity contribution in [2.45, 2.75) is 25.9 Å². The summed E-state index contributed by atoms with van der Waals surface area (Å²) in [6.07, 6.45) is 0.261. The first-order valence-electron chi connectivity index (χ1n) is 5.16. The summed E-state index contributed by atoms with van der Waals surface area (Å²) in [6.45, 7) is 1.90. The summed E-state index contributed by atoms with van der Waals surface area (Å²) < 4.78 is 6.45. The monoisotopic (exact) mass is 286 g/mol. The number of benzene rings is 1. The Morgan fingerprint density at radius 3 is 2.62 bits per heavy atom. The smallest absolute Gasteiger partial charge is 0.158 e. The molecular formula is C12H15BrO3. The Kier molecular flexibility index (Phi) is 5.49. The molecule has 0 saturated carbocycles. The van der Waals surface area contributed by atoms with Crippen LogP contribution in [0.1, 0.15) is 19.8 Å². The molecule has 3 nitrogen and oxygen atoms in total. The van der Waals surface area contributed by atoms with Gasteiger partial charge in [0, 0.05) is 4.47 Å². The highest BCUT2D eigenvalue weighted by Gasteiger charge is 2.08. The van der Waals surface area contributed by atoms with Gasteiger partial charge in [0.1, 0.15) is 11.9 Å². The zero-order valence-electron chi connectivity index (χ0n) is 9.15. The zero-order valence-corrected chi connectivity index (χ0v) is 10.7. The van der Waals surface area contributed by atoms with Crippen molar-refractivity contribution in [1.82, 2.24) is 0 Å². The van der Waals surface area contributed by atoms with Crippen LogP contribution < -0.4 is 4.74 Å². The maximum atomic E-state index is 10.7. The van der Waals surface area contributed by atoms with E-state index in [0.29, 0.717) is 19.4 Å². The van der Waals surface area contributed by atoms with Crippen molar-refractivity contribution in [2.24, 2.45) is 0 Å². The van der Waals surface area contributed by atoms with Gasteiger partial charge in [-0.2, -0.15) is 0 Å². The van der Waals surface area contributed by atoms with Crippen molar-refractivity contribution < 1.29 is 14.6 Å². The van der Waals surface area contributed by atoms with Crippen molar-refractivity contribution >= 4 is 21.7 Å². The van der Waals surface area contributed by atoms with E-state index < -0.39 is 6.10 Å². The van der Waals surface area contributed by atoms with Gasteiger partial charge in [-0.25, -0.2) is 0 Å². The quantitative estimate of drug-likeness (QED) is 0.818. The van der Waals surface area contributed by atoms with Gasteiger partial charge < -0.3 is 9.84 Å². The molecule has 0 amide bonds. The van der Waals surface area contributed by atoms with Crippen molar-refractivity contribution in [3.8, 4) is 5.75 Å². The lowest BCUT2D eigenvalue weighted by molar-refractivity contribution is -0.125. The molecule has 88 valence electrons. The second kappa shape index (κ2) is 6.66. The maximum Gasteiger partial charge on any atom is 0.158 e. The van der Waals surface area contributed by atoms with Crippen molar-refractivity contribution in [2.75, 3.05) is 6.61 Å². The lowest BCUT2D eigenvalue weighted by Crippen LogP contribution is -2.17. The van der Waals surface area contributed by atoms with E-state index in [4.69, 9.17) is 4.74 Å². The van der Waals surface area contributed by atoms with Crippen LogP contribution in [0.5, 0.6) is 5.75 Å². The van der Waals surface area contributed by atoms with Crippen LogP contribution in [0, 0.1) is 0 Å². The first-order valence-corrected chi connectivity index (χ1v) is 5.96. The summed E-state index contributed by atoms with van der Waals surface area (Å²) in [4.78, 5) is 10.7. The molecule has 1 rings (SSSR count). The number of carbonyl (C=O) groups is 1. The molecule has 4 heteroatoms. The maximum absolute atomic E-state index is 10.7. The number of hydrogen-bond donors (Lipinski definition) is 1. The number of rotatable bonds is 6. The van der Waals surface area contributed by atoms with Gasteiger partial charge in [-0.1, -0.05) is 15.9 Å². The van der Waals surface area contributed by atoms with E-state index in [1.807, 2.05) is 24.3 Å². The molecule has 0 unspecified atom stereocenters. The summed E-state index contributed by atoms with van der Waals surface area (Å²) in [6, 6.07) is 7.54. The molecule has 0 heterocycles. The Labute approximate surface area is 104 Å². The summed E-state index contributed by atoms with van der Waals surface area (Å²) in [5.41, 5.74) is 0. The molecule has 1 aromatic rings. The summed E-state index contributed by atoms with van der Waals surface area (Å²) >= 11 is 3.34. The van der Waals surface area contributed by atoms with E-state index in [-0.39, 0.29) is 5.78 Å². The number of ether oxygens (including phenoxy) is 1. The Balaban J connectivity index is 2.21. The van der Waals surface area contributed by atoms with Gasteiger partial charge in [-0.05, 0) is 44.0 Å². The number of Topliss-reactive ketones (excluding diaryl/α,β-unsaturated/α-hetero) is 1. The molecule has 1 N–H and O–H groups in total. The second-order valence-electron chi connectivity index (χ2n) is 3.57. The van der Waals surface area contributed by atoms with Crippen LogP contribution in [0.2, 0.25) is 0 Å². The number of ketones is 1. The van der Waals surface area contributed by atoms with E-state index in [2.05, 4.69) is 15.9 Å². The molecule has 0 spiro atoms. The molecule has 1 atom stereocenters. The van der Waals surface area contributed by atoms with Gasteiger partial charge in [0.25, 0.3) is 0 Å². The second-order valence-corrected chi connectivity index (χ2v) is 4.49. The lowest BCUT2D eigenvalue weighted by atomic mass is 10.1. The minimum Gasteiger partial charge on any atom is -0.494 e. The van der Waals surface area contributed by atoms with Crippen LogP contribution in [0.3, 0.4) is 0 Å². The molecule has 0 saturated heterocycles. The lowest BCUT2D eigenvalue weighted by Gasteiger charge is -2.08. The fraction of sp³-hybridized carbons (Fsp3) is 0.417. The highest BCUT2D eigenvalue weighted by Crippen LogP contribution is 2.16. The third-order valence-electron chi connectivity index (χ3n) is 2.17. The average Bonchev–Trinajstić information content (AvgIpc) is 2.26. The Hall–Kier alpha value is -0.870. The van der Waals surface area contributed by atoms with Crippen LogP contribution in [-0.4, -0.2) is 23.6 Å². The molecule has 0 aromatic heterocycles. The van der Waals surface area contributed by atoms with Gasteiger partial charge >= 0.3 is 0 Å². The molecule has 16 heavy (non-hydrogen) atoms. The normalized spacial score (nSPS) is 12.2. The Morgan fingerprint density at radius 1 is 1.44 bits per heavy atom. The molecule has 1 aromatic carbocycles.